The van der Waals surface area contributed by atoms with Gasteiger partial charge in [0, 0.05) is 24.7 Å². The Kier molecular flexibility index (Phi) is 6.71. The van der Waals surface area contributed by atoms with Crippen molar-refractivity contribution >= 4 is 15.9 Å². The predicted octanol–water partition coefficient (Wildman–Crippen LogP) is 3.20. The van der Waals surface area contributed by atoms with Crippen molar-refractivity contribution in [3.05, 3.63) is 78.4 Å². The summed E-state index contributed by atoms with van der Waals surface area (Å²) < 4.78 is 27.5. The normalized spacial score (nSPS) is 11.5. The summed E-state index contributed by atoms with van der Waals surface area (Å²) in [6.07, 6.45) is 1.58. The molecule has 2 aromatic carbocycles. The van der Waals surface area contributed by atoms with Crippen molar-refractivity contribution in [3.8, 4) is 0 Å². The molecule has 26 heavy (non-hydrogen) atoms. The SMILES string of the molecule is C=CCNC(=O)c1ccc(S(=O)(=O)N(Cc2ccccc2)C(C)C)cc1. The van der Waals surface area contributed by atoms with Gasteiger partial charge >= 0.3 is 0 Å². The van der Waals surface area contributed by atoms with E-state index in [0.29, 0.717) is 18.7 Å². The molecule has 0 saturated carbocycles. The second-order valence-corrected chi connectivity index (χ2v) is 8.04. The van der Waals surface area contributed by atoms with Crippen LogP contribution in [0, 0.1) is 0 Å². The van der Waals surface area contributed by atoms with E-state index in [1.165, 1.54) is 28.6 Å². The van der Waals surface area contributed by atoms with Gasteiger partial charge < -0.3 is 5.32 Å². The maximum atomic E-state index is 13.0. The molecule has 1 N–H and O–H groups in total. The number of benzene rings is 2. The van der Waals surface area contributed by atoms with Crippen molar-refractivity contribution in [1.29, 1.82) is 0 Å². The summed E-state index contributed by atoms with van der Waals surface area (Å²) in [6.45, 7) is 7.89. The number of carbonyl (C=O) groups excluding carboxylic acids is 1. The molecule has 5 nitrogen and oxygen atoms in total. The number of carbonyl (C=O) groups is 1. The van der Waals surface area contributed by atoms with E-state index in [0.717, 1.165) is 5.56 Å². The minimum Gasteiger partial charge on any atom is -0.349 e. The molecule has 2 aromatic rings. The Morgan fingerprint density at radius 1 is 1.12 bits per heavy atom. The molecule has 0 aromatic heterocycles. The Labute approximate surface area is 155 Å². The maximum absolute atomic E-state index is 13.0. The minimum absolute atomic E-state index is 0.169. The Hall–Kier alpha value is -2.44. The summed E-state index contributed by atoms with van der Waals surface area (Å²) in [5, 5.41) is 2.66. The number of nitrogens with one attached hydrogen (secondary N) is 1. The van der Waals surface area contributed by atoms with Crippen molar-refractivity contribution in [3.63, 3.8) is 0 Å². The van der Waals surface area contributed by atoms with E-state index in [-0.39, 0.29) is 16.8 Å². The lowest BCUT2D eigenvalue weighted by Gasteiger charge is -2.26. The molecule has 0 aliphatic rings. The highest BCUT2D eigenvalue weighted by Crippen LogP contribution is 2.21. The fourth-order valence-electron chi connectivity index (χ4n) is 2.49. The standard InChI is InChI=1S/C20H24N2O3S/c1-4-14-21-20(23)18-10-12-19(13-11-18)26(24,25)22(16(2)3)15-17-8-6-5-7-9-17/h4-13,16H,1,14-15H2,2-3H3,(H,21,23). The van der Waals surface area contributed by atoms with Gasteiger partial charge in [-0.05, 0) is 43.7 Å². The highest BCUT2D eigenvalue weighted by atomic mass is 32.2. The van der Waals surface area contributed by atoms with Gasteiger partial charge in [-0.15, -0.1) is 6.58 Å². The molecule has 2 rings (SSSR count). The first kappa shape index (κ1) is 19.9. The zero-order valence-corrected chi connectivity index (χ0v) is 15.9. The van der Waals surface area contributed by atoms with Crippen LogP contribution < -0.4 is 5.32 Å². The van der Waals surface area contributed by atoms with Crippen molar-refractivity contribution in [1.82, 2.24) is 9.62 Å². The van der Waals surface area contributed by atoms with E-state index in [4.69, 9.17) is 0 Å². The van der Waals surface area contributed by atoms with Crippen molar-refractivity contribution in [2.45, 2.75) is 31.3 Å². The van der Waals surface area contributed by atoms with Crippen LogP contribution in [0.15, 0.2) is 72.1 Å². The molecule has 1 amide bonds. The van der Waals surface area contributed by atoms with Crippen LogP contribution in [-0.4, -0.2) is 31.2 Å². The second kappa shape index (κ2) is 8.78. The number of amides is 1. The van der Waals surface area contributed by atoms with Crippen LogP contribution in [0.1, 0.15) is 29.8 Å². The number of nitrogens with zero attached hydrogens (tertiary/aromatic N) is 1. The van der Waals surface area contributed by atoms with Crippen LogP contribution in [0.2, 0.25) is 0 Å². The highest BCUT2D eigenvalue weighted by Gasteiger charge is 2.27. The summed E-state index contributed by atoms with van der Waals surface area (Å²) in [5.74, 6) is -0.265. The molecule has 138 valence electrons. The van der Waals surface area contributed by atoms with Crippen molar-refractivity contribution in [2.75, 3.05) is 6.54 Å². The van der Waals surface area contributed by atoms with Crippen LogP contribution in [0.3, 0.4) is 0 Å². The number of sulfonamides is 1. The molecule has 0 fully saturated rings. The Balaban J connectivity index is 2.25. The fourth-order valence-corrected chi connectivity index (χ4v) is 4.11. The first-order valence-corrected chi connectivity index (χ1v) is 9.85. The number of hydrogen-bond donors (Lipinski definition) is 1. The van der Waals surface area contributed by atoms with Gasteiger partial charge in [0.25, 0.3) is 5.91 Å². The third kappa shape index (κ3) is 4.80. The van der Waals surface area contributed by atoms with Crippen LogP contribution >= 0.6 is 0 Å². The van der Waals surface area contributed by atoms with E-state index in [2.05, 4.69) is 11.9 Å². The lowest BCUT2D eigenvalue weighted by atomic mass is 10.2. The first-order valence-electron chi connectivity index (χ1n) is 8.41. The van der Waals surface area contributed by atoms with Crippen LogP contribution in [0.4, 0.5) is 0 Å². The molecule has 0 aliphatic carbocycles. The quantitative estimate of drug-likeness (QED) is 0.724. The van der Waals surface area contributed by atoms with E-state index < -0.39 is 10.0 Å². The molecule has 0 bridgehead atoms. The molecule has 0 spiro atoms. The topological polar surface area (TPSA) is 66.5 Å². The van der Waals surface area contributed by atoms with Gasteiger partial charge in [0.05, 0.1) is 4.90 Å². The fraction of sp³-hybridized carbons (Fsp3) is 0.250. The predicted molar refractivity (Wildman–Crippen MR) is 103 cm³/mol. The Morgan fingerprint density at radius 2 is 1.73 bits per heavy atom. The van der Waals surface area contributed by atoms with Crippen LogP contribution in [0.5, 0.6) is 0 Å². The molecule has 0 atom stereocenters. The maximum Gasteiger partial charge on any atom is 0.251 e. The Morgan fingerprint density at radius 3 is 2.27 bits per heavy atom. The van der Waals surface area contributed by atoms with E-state index in [1.807, 2.05) is 44.2 Å². The molecule has 0 saturated heterocycles. The van der Waals surface area contributed by atoms with E-state index >= 15 is 0 Å². The molecule has 0 heterocycles. The molecule has 0 unspecified atom stereocenters. The highest BCUT2D eigenvalue weighted by molar-refractivity contribution is 7.89. The third-order valence-electron chi connectivity index (χ3n) is 3.89. The summed E-state index contributed by atoms with van der Waals surface area (Å²) in [7, 11) is -3.67. The molecular weight excluding hydrogens is 348 g/mol. The zero-order valence-electron chi connectivity index (χ0n) is 15.1. The van der Waals surface area contributed by atoms with Gasteiger partial charge in [-0.25, -0.2) is 8.42 Å². The lowest BCUT2D eigenvalue weighted by Crippen LogP contribution is -2.36. The van der Waals surface area contributed by atoms with Gasteiger partial charge in [0.2, 0.25) is 10.0 Å². The lowest BCUT2D eigenvalue weighted by molar-refractivity contribution is 0.0958. The molecular formula is C20H24N2O3S. The molecule has 0 radical (unpaired) electrons. The van der Waals surface area contributed by atoms with Gasteiger partial charge in [0.1, 0.15) is 0 Å². The number of hydrogen-bond acceptors (Lipinski definition) is 3. The van der Waals surface area contributed by atoms with Gasteiger partial charge in [-0.2, -0.15) is 4.31 Å². The van der Waals surface area contributed by atoms with Gasteiger partial charge in [-0.3, -0.25) is 4.79 Å². The van der Waals surface area contributed by atoms with Crippen LogP contribution in [-0.2, 0) is 16.6 Å². The third-order valence-corrected chi connectivity index (χ3v) is 5.92. The van der Waals surface area contributed by atoms with Crippen molar-refractivity contribution < 1.29 is 13.2 Å². The summed E-state index contributed by atoms with van der Waals surface area (Å²) in [5.41, 5.74) is 1.33. The summed E-state index contributed by atoms with van der Waals surface area (Å²) >= 11 is 0. The van der Waals surface area contributed by atoms with E-state index in [9.17, 15) is 13.2 Å². The van der Waals surface area contributed by atoms with Gasteiger partial charge in [0.15, 0.2) is 0 Å². The smallest absolute Gasteiger partial charge is 0.251 e. The zero-order chi connectivity index (χ0) is 19.2. The number of rotatable bonds is 8. The largest absolute Gasteiger partial charge is 0.349 e. The van der Waals surface area contributed by atoms with E-state index in [1.54, 1.807) is 6.08 Å². The van der Waals surface area contributed by atoms with Gasteiger partial charge in [-0.1, -0.05) is 36.4 Å². The average molecular weight is 372 g/mol. The van der Waals surface area contributed by atoms with Crippen molar-refractivity contribution in [2.24, 2.45) is 0 Å². The summed E-state index contributed by atoms with van der Waals surface area (Å²) in [4.78, 5) is 12.1. The summed E-state index contributed by atoms with van der Waals surface area (Å²) in [6, 6.07) is 15.3. The average Bonchev–Trinajstić information content (AvgIpc) is 2.64. The first-order chi connectivity index (χ1) is 12.4. The molecule has 6 heteroatoms. The monoisotopic (exact) mass is 372 g/mol. The second-order valence-electron chi connectivity index (χ2n) is 6.15. The van der Waals surface area contributed by atoms with Crippen LogP contribution in [0.25, 0.3) is 0 Å². The molecule has 0 aliphatic heterocycles. The minimum atomic E-state index is -3.67. The Bertz CT molecular complexity index is 844.